The lowest BCUT2D eigenvalue weighted by Crippen LogP contribution is -2.11. The summed E-state index contributed by atoms with van der Waals surface area (Å²) in [6.45, 7) is 3.68. The highest BCUT2D eigenvalue weighted by Crippen LogP contribution is 2.37. The highest BCUT2D eigenvalue weighted by molar-refractivity contribution is 9.10. The molecular formula is C19H21BrClN5O2. The van der Waals surface area contributed by atoms with E-state index in [2.05, 4.69) is 43.7 Å². The number of aryl methyl sites for hydroxylation is 1. The maximum Gasteiger partial charge on any atom is 0.243 e. The summed E-state index contributed by atoms with van der Waals surface area (Å²) in [4.78, 5) is 0. The Morgan fingerprint density at radius 2 is 1.96 bits per heavy atom. The number of anilines is 1. The van der Waals surface area contributed by atoms with Crippen molar-refractivity contribution in [2.75, 3.05) is 12.4 Å². The molecule has 0 saturated heterocycles. The second kappa shape index (κ2) is 9.75. The van der Waals surface area contributed by atoms with Crippen LogP contribution in [-0.4, -0.2) is 27.3 Å². The fraction of sp³-hybridized carbons (Fsp3) is 0.316. The quantitative estimate of drug-likeness (QED) is 0.493. The third-order valence-electron chi connectivity index (χ3n) is 4.07. The van der Waals surface area contributed by atoms with Crippen LogP contribution in [-0.2, 0) is 19.7 Å². The van der Waals surface area contributed by atoms with Crippen LogP contribution >= 0.6 is 27.5 Å². The van der Waals surface area contributed by atoms with E-state index in [-0.39, 0.29) is 0 Å². The van der Waals surface area contributed by atoms with E-state index < -0.39 is 0 Å². The number of nitrogens with zero attached hydrogens (tertiary/aromatic N) is 4. The molecule has 7 nitrogen and oxygen atoms in total. The third kappa shape index (κ3) is 4.94. The number of halogens is 2. The lowest BCUT2D eigenvalue weighted by atomic mass is 10.1. The molecule has 3 rings (SSSR count). The zero-order valence-electron chi connectivity index (χ0n) is 15.7. The van der Waals surface area contributed by atoms with Gasteiger partial charge in [-0.1, -0.05) is 51.7 Å². The molecule has 0 fully saturated rings. The first-order valence-corrected chi connectivity index (χ1v) is 10.0. The Labute approximate surface area is 177 Å². The van der Waals surface area contributed by atoms with Gasteiger partial charge in [0.05, 0.1) is 7.11 Å². The van der Waals surface area contributed by atoms with Gasteiger partial charge in [-0.25, -0.2) is 4.68 Å². The number of rotatable bonds is 9. The molecule has 0 aliphatic rings. The molecule has 0 bridgehead atoms. The maximum atomic E-state index is 6.12. The molecule has 0 atom stereocenters. The number of ether oxygens (including phenoxy) is 2. The number of nitrogens with one attached hydrogen (secondary N) is 1. The number of aromatic nitrogens is 4. The van der Waals surface area contributed by atoms with Gasteiger partial charge in [-0.15, -0.1) is 0 Å². The largest absolute Gasteiger partial charge is 0.493 e. The Kier molecular flexibility index (Phi) is 7.11. The first-order valence-electron chi connectivity index (χ1n) is 8.85. The average Bonchev–Trinajstić information content (AvgIpc) is 3.14. The number of hydrogen-bond acceptors (Lipinski definition) is 6. The minimum atomic E-state index is 0.393. The van der Waals surface area contributed by atoms with Crippen LogP contribution in [0.3, 0.4) is 0 Å². The monoisotopic (exact) mass is 465 g/mol. The highest BCUT2D eigenvalue weighted by Gasteiger charge is 2.16. The summed E-state index contributed by atoms with van der Waals surface area (Å²) in [5.74, 6) is 1.93. The Bertz CT molecular complexity index is 917. The second-order valence-corrected chi connectivity index (χ2v) is 7.34. The van der Waals surface area contributed by atoms with Crippen LogP contribution in [0.2, 0.25) is 5.02 Å². The van der Waals surface area contributed by atoms with Crippen molar-refractivity contribution in [3.63, 3.8) is 0 Å². The van der Waals surface area contributed by atoms with Gasteiger partial charge in [0.15, 0.2) is 11.5 Å². The summed E-state index contributed by atoms with van der Waals surface area (Å²) >= 11 is 9.56. The summed E-state index contributed by atoms with van der Waals surface area (Å²) < 4.78 is 14.3. The molecule has 1 heterocycles. The maximum absolute atomic E-state index is 6.12. The highest BCUT2D eigenvalue weighted by atomic mass is 79.9. The van der Waals surface area contributed by atoms with Crippen LogP contribution in [0.1, 0.15) is 24.5 Å². The van der Waals surface area contributed by atoms with Crippen LogP contribution in [0.4, 0.5) is 5.95 Å². The van der Waals surface area contributed by atoms with Crippen LogP contribution in [0.15, 0.2) is 40.9 Å². The fourth-order valence-corrected chi connectivity index (χ4v) is 3.24. The van der Waals surface area contributed by atoms with Crippen molar-refractivity contribution in [2.24, 2.45) is 0 Å². The first-order chi connectivity index (χ1) is 13.6. The van der Waals surface area contributed by atoms with Gasteiger partial charge in [0, 0.05) is 28.1 Å². The summed E-state index contributed by atoms with van der Waals surface area (Å²) in [5.41, 5.74) is 1.93. The fourth-order valence-electron chi connectivity index (χ4n) is 2.66. The van der Waals surface area contributed by atoms with Crippen LogP contribution in [0.25, 0.3) is 0 Å². The summed E-state index contributed by atoms with van der Waals surface area (Å²) in [7, 11) is 1.62. The molecule has 0 aliphatic heterocycles. The van der Waals surface area contributed by atoms with Gasteiger partial charge in [-0.2, -0.15) is 0 Å². The molecule has 3 aromatic rings. The minimum Gasteiger partial charge on any atom is -0.493 e. The van der Waals surface area contributed by atoms with E-state index in [1.165, 1.54) is 0 Å². The van der Waals surface area contributed by atoms with Gasteiger partial charge >= 0.3 is 0 Å². The summed E-state index contributed by atoms with van der Waals surface area (Å²) in [5, 5.41) is 15.7. The van der Waals surface area contributed by atoms with Crippen molar-refractivity contribution in [1.29, 1.82) is 0 Å². The van der Waals surface area contributed by atoms with Crippen molar-refractivity contribution in [2.45, 2.75) is 33.0 Å². The van der Waals surface area contributed by atoms with E-state index in [4.69, 9.17) is 21.1 Å². The number of benzene rings is 2. The van der Waals surface area contributed by atoms with Crippen molar-refractivity contribution in [3.8, 4) is 11.5 Å². The van der Waals surface area contributed by atoms with Crippen molar-refractivity contribution in [3.05, 3.63) is 57.0 Å². The van der Waals surface area contributed by atoms with Crippen molar-refractivity contribution in [1.82, 2.24) is 20.2 Å². The molecule has 0 spiro atoms. The van der Waals surface area contributed by atoms with Gasteiger partial charge < -0.3 is 14.8 Å². The zero-order valence-corrected chi connectivity index (χ0v) is 18.0. The van der Waals surface area contributed by atoms with Gasteiger partial charge in [-0.05, 0) is 46.7 Å². The normalized spacial score (nSPS) is 10.7. The molecule has 28 heavy (non-hydrogen) atoms. The predicted octanol–water partition coefficient (Wildman–Crippen LogP) is 4.70. The Hall–Kier alpha value is -2.32. The van der Waals surface area contributed by atoms with Crippen LogP contribution in [0, 0.1) is 0 Å². The van der Waals surface area contributed by atoms with Crippen LogP contribution < -0.4 is 14.8 Å². The molecular weight excluding hydrogens is 446 g/mol. The lowest BCUT2D eigenvalue weighted by molar-refractivity contribution is 0.281. The molecule has 0 unspecified atom stereocenters. The topological polar surface area (TPSA) is 74.1 Å². The minimum absolute atomic E-state index is 0.393. The van der Waals surface area contributed by atoms with Gasteiger partial charge in [0.25, 0.3) is 0 Å². The number of hydrogen-bond donors (Lipinski definition) is 1. The number of tetrazole rings is 1. The summed E-state index contributed by atoms with van der Waals surface area (Å²) in [6, 6.07) is 11.3. The molecule has 0 radical (unpaired) electrons. The van der Waals surface area contributed by atoms with Crippen molar-refractivity contribution >= 4 is 33.5 Å². The molecule has 9 heteroatoms. The van der Waals surface area contributed by atoms with E-state index in [0.29, 0.717) is 35.6 Å². The SMILES string of the molecule is CCCn1nnnc1NCc1c(Br)ccc(OC)c1OCc1ccc(Cl)cc1. The predicted molar refractivity (Wildman–Crippen MR) is 112 cm³/mol. The van der Waals surface area contributed by atoms with E-state index in [0.717, 1.165) is 28.6 Å². The average molecular weight is 467 g/mol. The molecule has 0 amide bonds. The molecule has 0 saturated carbocycles. The molecule has 148 valence electrons. The first kappa shape index (κ1) is 20.4. The second-order valence-electron chi connectivity index (χ2n) is 6.05. The van der Waals surface area contributed by atoms with Gasteiger partial charge in [0.2, 0.25) is 5.95 Å². The third-order valence-corrected chi connectivity index (χ3v) is 5.07. The van der Waals surface area contributed by atoms with Crippen LogP contribution in [0.5, 0.6) is 11.5 Å². The number of methoxy groups -OCH3 is 1. The molecule has 1 N–H and O–H groups in total. The zero-order chi connectivity index (χ0) is 19.9. The van der Waals surface area contributed by atoms with E-state index in [1.54, 1.807) is 11.8 Å². The van der Waals surface area contributed by atoms with Gasteiger partial charge in [0.1, 0.15) is 6.61 Å². The Morgan fingerprint density at radius 3 is 2.68 bits per heavy atom. The molecule has 0 aliphatic carbocycles. The molecule has 2 aromatic carbocycles. The lowest BCUT2D eigenvalue weighted by Gasteiger charge is -2.17. The van der Waals surface area contributed by atoms with Crippen molar-refractivity contribution < 1.29 is 9.47 Å². The van der Waals surface area contributed by atoms with E-state index in [9.17, 15) is 0 Å². The van der Waals surface area contributed by atoms with E-state index >= 15 is 0 Å². The van der Waals surface area contributed by atoms with E-state index in [1.807, 2.05) is 36.4 Å². The Balaban J connectivity index is 1.81. The van der Waals surface area contributed by atoms with Gasteiger partial charge in [-0.3, -0.25) is 0 Å². The Morgan fingerprint density at radius 1 is 1.18 bits per heavy atom. The molecule has 1 aromatic heterocycles. The summed E-state index contributed by atoms with van der Waals surface area (Å²) in [6.07, 6.45) is 0.942. The standard InChI is InChI=1S/C19H21BrClN5O2/c1-3-10-26-19(23-24-25-26)22-11-15-16(20)8-9-17(27-2)18(15)28-12-13-4-6-14(21)7-5-13/h4-9H,3,10-12H2,1-2H3,(H,22,23,25). The smallest absolute Gasteiger partial charge is 0.243 e.